The van der Waals surface area contributed by atoms with E-state index in [1.165, 1.54) is 38.8 Å². The molecule has 0 saturated carbocycles. The van der Waals surface area contributed by atoms with E-state index in [-0.39, 0.29) is 0 Å². The Bertz CT molecular complexity index is 78.6. The predicted octanol–water partition coefficient (Wildman–Crippen LogP) is 2.57. The Balaban J connectivity index is 3.04. The quantitative estimate of drug-likeness (QED) is 0.422. The minimum atomic E-state index is 0.833. The Labute approximate surface area is 90.4 Å². The van der Waals surface area contributed by atoms with Gasteiger partial charge in [0.1, 0.15) is 0 Å². The first-order chi connectivity index (χ1) is 5.81. The van der Waals surface area contributed by atoms with Gasteiger partial charge >= 0.3 is 0 Å². The molecule has 0 aliphatic carbocycles. The lowest BCUT2D eigenvalue weighted by molar-refractivity contribution is 0.466. The molecule has 0 saturated heterocycles. The molecule has 0 radical (unpaired) electrons. The van der Waals surface area contributed by atoms with Crippen LogP contribution in [0.1, 0.15) is 39.0 Å². The van der Waals surface area contributed by atoms with Crippen molar-refractivity contribution in [2.75, 3.05) is 19.6 Å². The van der Waals surface area contributed by atoms with Crippen LogP contribution in [0.3, 0.4) is 0 Å². The predicted molar refractivity (Wildman–Crippen MR) is 63.4 cm³/mol. The van der Waals surface area contributed by atoms with Gasteiger partial charge in [-0.05, 0) is 25.8 Å². The van der Waals surface area contributed by atoms with Gasteiger partial charge in [-0.15, -0.1) is 0 Å². The highest BCUT2D eigenvalue weighted by atomic mass is 127. The average Bonchev–Trinajstić information content (AvgIpc) is 2.06. The van der Waals surface area contributed by atoms with E-state index in [0.717, 1.165) is 13.0 Å². The van der Waals surface area contributed by atoms with E-state index >= 15 is 0 Å². The van der Waals surface area contributed by atoms with Crippen LogP contribution in [0.4, 0.5) is 0 Å². The number of hydrogen-bond donors (Lipinski definition) is 1. The third-order valence-corrected chi connectivity index (χ3v) is 2.82. The standard InChI is InChI=1S/C9H21IN2/c1-2-3-5-8-12(10)9-6-4-7-11/h2-9,11H2,1H3. The zero-order valence-corrected chi connectivity index (χ0v) is 10.2. The largest absolute Gasteiger partial charge is 0.330 e. The molecule has 0 aromatic heterocycles. The molecule has 74 valence electrons. The van der Waals surface area contributed by atoms with Crippen molar-refractivity contribution >= 4 is 22.9 Å². The average molecular weight is 284 g/mol. The van der Waals surface area contributed by atoms with E-state index in [0.29, 0.717) is 0 Å². The monoisotopic (exact) mass is 284 g/mol. The second-order valence-electron chi connectivity index (χ2n) is 3.11. The topological polar surface area (TPSA) is 29.3 Å². The molecule has 2 nitrogen and oxygen atoms in total. The van der Waals surface area contributed by atoms with E-state index < -0.39 is 0 Å². The van der Waals surface area contributed by atoms with E-state index in [1.807, 2.05) is 0 Å². The first kappa shape index (κ1) is 12.7. The fourth-order valence-corrected chi connectivity index (χ4v) is 1.76. The molecule has 0 spiro atoms. The molecule has 0 unspecified atom stereocenters. The molecule has 2 N–H and O–H groups in total. The first-order valence-electron chi connectivity index (χ1n) is 4.92. The molecule has 12 heavy (non-hydrogen) atoms. The van der Waals surface area contributed by atoms with Crippen LogP contribution in [-0.2, 0) is 0 Å². The highest BCUT2D eigenvalue weighted by Crippen LogP contribution is 2.05. The molecule has 0 aliphatic rings. The van der Waals surface area contributed by atoms with Gasteiger partial charge in [-0.3, -0.25) is 0 Å². The maximum atomic E-state index is 5.42. The highest BCUT2D eigenvalue weighted by Gasteiger charge is 1.97. The van der Waals surface area contributed by atoms with Crippen molar-refractivity contribution in [1.29, 1.82) is 0 Å². The van der Waals surface area contributed by atoms with Gasteiger partial charge in [-0.25, -0.2) is 3.11 Å². The second-order valence-corrected chi connectivity index (χ2v) is 4.48. The summed E-state index contributed by atoms with van der Waals surface area (Å²) in [6, 6.07) is 0. The molecular weight excluding hydrogens is 263 g/mol. The highest BCUT2D eigenvalue weighted by molar-refractivity contribution is 14.1. The van der Waals surface area contributed by atoms with Crippen LogP contribution in [0.25, 0.3) is 0 Å². The third-order valence-electron chi connectivity index (χ3n) is 1.86. The summed E-state index contributed by atoms with van der Waals surface area (Å²) in [5.74, 6) is 0. The Morgan fingerprint density at radius 2 is 1.67 bits per heavy atom. The van der Waals surface area contributed by atoms with Crippen LogP contribution in [0.15, 0.2) is 0 Å². The van der Waals surface area contributed by atoms with Crippen LogP contribution in [0, 0.1) is 0 Å². The molecule has 0 aromatic carbocycles. The van der Waals surface area contributed by atoms with Crippen molar-refractivity contribution in [2.24, 2.45) is 5.73 Å². The summed E-state index contributed by atoms with van der Waals surface area (Å²) >= 11 is 2.41. The molecule has 0 fully saturated rings. The molecule has 0 rings (SSSR count). The lowest BCUT2D eigenvalue weighted by Gasteiger charge is -2.12. The number of nitrogens with two attached hydrogens (primary N) is 1. The van der Waals surface area contributed by atoms with E-state index in [2.05, 4.69) is 32.9 Å². The minimum absolute atomic E-state index is 0.833. The zero-order chi connectivity index (χ0) is 9.23. The molecule has 0 bridgehead atoms. The van der Waals surface area contributed by atoms with E-state index in [4.69, 9.17) is 5.73 Å². The van der Waals surface area contributed by atoms with Gasteiger partial charge in [0.05, 0.1) is 0 Å². The van der Waals surface area contributed by atoms with Crippen molar-refractivity contribution in [3.05, 3.63) is 0 Å². The maximum Gasteiger partial charge on any atom is 0.0201 e. The second kappa shape index (κ2) is 9.74. The Morgan fingerprint density at radius 3 is 2.17 bits per heavy atom. The van der Waals surface area contributed by atoms with E-state index in [1.54, 1.807) is 0 Å². The number of unbranched alkanes of at least 4 members (excludes halogenated alkanes) is 3. The minimum Gasteiger partial charge on any atom is -0.330 e. The van der Waals surface area contributed by atoms with Crippen molar-refractivity contribution in [1.82, 2.24) is 3.11 Å². The van der Waals surface area contributed by atoms with Crippen LogP contribution in [-0.4, -0.2) is 22.7 Å². The number of halogens is 1. The maximum absolute atomic E-state index is 5.42. The summed E-state index contributed by atoms with van der Waals surface area (Å²) in [6.07, 6.45) is 6.41. The summed E-state index contributed by atoms with van der Waals surface area (Å²) in [7, 11) is 0. The van der Waals surface area contributed by atoms with Gasteiger partial charge < -0.3 is 5.73 Å². The van der Waals surface area contributed by atoms with Crippen molar-refractivity contribution in [3.8, 4) is 0 Å². The van der Waals surface area contributed by atoms with Gasteiger partial charge in [-0.1, -0.05) is 19.8 Å². The smallest absolute Gasteiger partial charge is 0.0201 e. The fourth-order valence-electron chi connectivity index (χ4n) is 1.07. The number of nitrogens with zero attached hydrogens (tertiary/aromatic N) is 1. The molecule has 0 atom stereocenters. The Hall–Kier alpha value is 0.650. The summed E-state index contributed by atoms with van der Waals surface area (Å²) in [6.45, 7) is 5.51. The Kier molecular flexibility index (Phi) is 10.3. The zero-order valence-electron chi connectivity index (χ0n) is 8.06. The summed E-state index contributed by atoms with van der Waals surface area (Å²) < 4.78 is 2.38. The van der Waals surface area contributed by atoms with Crippen LogP contribution >= 0.6 is 22.9 Å². The van der Waals surface area contributed by atoms with Crippen molar-refractivity contribution in [2.45, 2.75) is 39.0 Å². The molecule has 0 heterocycles. The molecule has 0 aliphatic heterocycles. The van der Waals surface area contributed by atoms with Gasteiger partial charge in [0, 0.05) is 36.0 Å². The number of hydrogen-bond acceptors (Lipinski definition) is 2. The van der Waals surface area contributed by atoms with Crippen LogP contribution in [0.2, 0.25) is 0 Å². The van der Waals surface area contributed by atoms with E-state index in [9.17, 15) is 0 Å². The third kappa shape index (κ3) is 8.74. The van der Waals surface area contributed by atoms with Crippen molar-refractivity contribution in [3.63, 3.8) is 0 Å². The molecular formula is C9H21IN2. The fraction of sp³-hybridized carbons (Fsp3) is 1.00. The van der Waals surface area contributed by atoms with Gasteiger partial charge in [0.2, 0.25) is 0 Å². The number of rotatable bonds is 8. The molecule has 0 aromatic rings. The molecule has 3 heteroatoms. The van der Waals surface area contributed by atoms with Gasteiger partial charge in [0.15, 0.2) is 0 Å². The summed E-state index contributed by atoms with van der Waals surface area (Å²) in [5.41, 5.74) is 5.42. The normalized spacial score (nSPS) is 11.0. The van der Waals surface area contributed by atoms with Crippen LogP contribution < -0.4 is 5.73 Å². The van der Waals surface area contributed by atoms with Gasteiger partial charge in [-0.2, -0.15) is 0 Å². The summed E-state index contributed by atoms with van der Waals surface area (Å²) in [4.78, 5) is 0. The Morgan fingerprint density at radius 1 is 1.08 bits per heavy atom. The lowest BCUT2D eigenvalue weighted by Crippen LogP contribution is -2.15. The first-order valence-corrected chi connectivity index (χ1v) is 5.88. The van der Waals surface area contributed by atoms with Crippen LogP contribution in [0.5, 0.6) is 0 Å². The van der Waals surface area contributed by atoms with Crippen molar-refractivity contribution < 1.29 is 0 Å². The molecule has 0 amide bonds. The lowest BCUT2D eigenvalue weighted by atomic mass is 10.2. The van der Waals surface area contributed by atoms with Gasteiger partial charge in [0.25, 0.3) is 0 Å². The summed E-state index contributed by atoms with van der Waals surface area (Å²) in [5, 5.41) is 0. The SMILES string of the molecule is CCCCCN(I)CCCCN.